The third-order valence-electron chi connectivity index (χ3n) is 4.60. The summed E-state index contributed by atoms with van der Waals surface area (Å²) in [6, 6.07) is 6.88. The number of benzene rings is 1. The Labute approximate surface area is 133 Å². The summed E-state index contributed by atoms with van der Waals surface area (Å²) < 4.78 is 7.24. The van der Waals surface area contributed by atoms with Crippen molar-refractivity contribution in [2.24, 2.45) is 0 Å². The first-order valence-electron chi connectivity index (χ1n) is 7.47. The average Bonchev–Trinajstić information content (AvgIpc) is 2.39. The minimum atomic E-state index is -0.669. The van der Waals surface area contributed by atoms with E-state index in [1.165, 1.54) is 15.6 Å². The Morgan fingerprint density at radius 2 is 2.15 bits per heavy atom. The standard InChI is InChI=1S/C16H26BrNOSi/c1-16(2,20(3)4)11-19-10-13-8-14-12(9-18-13)6-5-7-15(14)17/h5-7,13,18,20H,8-11H2,1-4H3/t13-/m1/s1. The third kappa shape index (κ3) is 3.94. The van der Waals surface area contributed by atoms with Gasteiger partial charge in [-0.3, -0.25) is 0 Å². The van der Waals surface area contributed by atoms with Gasteiger partial charge in [-0.25, -0.2) is 0 Å². The molecule has 1 aliphatic heterocycles. The molecule has 1 aromatic carbocycles. The molecule has 1 aliphatic rings. The first-order chi connectivity index (χ1) is 9.40. The van der Waals surface area contributed by atoms with Gasteiger partial charge in [0.15, 0.2) is 0 Å². The van der Waals surface area contributed by atoms with Crippen LogP contribution in [0.3, 0.4) is 0 Å². The summed E-state index contributed by atoms with van der Waals surface area (Å²) in [6.45, 7) is 12.1. The molecule has 0 unspecified atom stereocenters. The lowest BCUT2D eigenvalue weighted by Gasteiger charge is -2.31. The van der Waals surface area contributed by atoms with E-state index in [2.05, 4.69) is 66.4 Å². The van der Waals surface area contributed by atoms with Crippen molar-refractivity contribution in [1.82, 2.24) is 5.32 Å². The molecule has 1 atom stereocenters. The molecule has 0 aromatic heterocycles. The first kappa shape index (κ1) is 16.2. The highest BCUT2D eigenvalue weighted by atomic mass is 79.9. The summed E-state index contributed by atoms with van der Waals surface area (Å²) in [5, 5.41) is 3.97. The molecular weight excluding hydrogens is 330 g/mol. The van der Waals surface area contributed by atoms with Gasteiger partial charge in [-0.05, 0) is 28.7 Å². The maximum Gasteiger partial charge on any atom is 0.0623 e. The number of ether oxygens (including phenoxy) is 1. The number of halogens is 1. The van der Waals surface area contributed by atoms with Crippen LogP contribution in [0, 0.1) is 0 Å². The number of nitrogens with one attached hydrogen (secondary N) is 1. The molecule has 0 bridgehead atoms. The number of hydrogen-bond acceptors (Lipinski definition) is 2. The van der Waals surface area contributed by atoms with Gasteiger partial charge < -0.3 is 10.1 Å². The van der Waals surface area contributed by atoms with Gasteiger partial charge in [0.2, 0.25) is 0 Å². The fraction of sp³-hybridized carbons (Fsp3) is 0.625. The second kappa shape index (κ2) is 6.73. The molecule has 0 radical (unpaired) electrons. The van der Waals surface area contributed by atoms with E-state index < -0.39 is 8.80 Å². The van der Waals surface area contributed by atoms with Crippen LogP contribution >= 0.6 is 15.9 Å². The Bertz CT molecular complexity index is 462. The number of rotatable bonds is 5. The lowest BCUT2D eigenvalue weighted by molar-refractivity contribution is 0.0912. The molecule has 0 aliphatic carbocycles. The van der Waals surface area contributed by atoms with Gasteiger partial charge in [0.1, 0.15) is 0 Å². The molecule has 2 nitrogen and oxygen atoms in total. The van der Waals surface area contributed by atoms with E-state index in [-0.39, 0.29) is 0 Å². The van der Waals surface area contributed by atoms with Crippen molar-refractivity contribution >= 4 is 24.7 Å². The molecule has 0 saturated carbocycles. The smallest absolute Gasteiger partial charge is 0.0623 e. The molecule has 20 heavy (non-hydrogen) atoms. The fourth-order valence-corrected chi connectivity index (χ4v) is 3.34. The van der Waals surface area contributed by atoms with E-state index in [4.69, 9.17) is 4.74 Å². The number of fused-ring (bicyclic) bond motifs is 1. The lowest BCUT2D eigenvalue weighted by Crippen LogP contribution is -2.40. The average molecular weight is 356 g/mol. The summed E-state index contributed by atoms with van der Waals surface area (Å²) in [5.74, 6) is 0. The van der Waals surface area contributed by atoms with E-state index >= 15 is 0 Å². The highest BCUT2D eigenvalue weighted by molar-refractivity contribution is 9.10. The highest BCUT2D eigenvalue weighted by Crippen LogP contribution is 2.29. The van der Waals surface area contributed by atoms with Crippen molar-refractivity contribution in [3.05, 3.63) is 33.8 Å². The van der Waals surface area contributed by atoms with Gasteiger partial charge in [0, 0.05) is 32.5 Å². The molecule has 1 aromatic rings. The molecule has 0 saturated heterocycles. The van der Waals surface area contributed by atoms with E-state index in [0.717, 1.165) is 26.2 Å². The summed E-state index contributed by atoms with van der Waals surface area (Å²) in [5.41, 5.74) is 2.85. The largest absolute Gasteiger partial charge is 0.380 e. The van der Waals surface area contributed by atoms with Crippen LogP contribution in [0.25, 0.3) is 0 Å². The molecule has 0 amide bonds. The molecule has 112 valence electrons. The zero-order valence-corrected chi connectivity index (χ0v) is 15.7. The Morgan fingerprint density at radius 1 is 1.40 bits per heavy atom. The van der Waals surface area contributed by atoms with Crippen molar-refractivity contribution in [2.45, 2.75) is 51.0 Å². The Morgan fingerprint density at radius 3 is 2.85 bits per heavy atom. The van der Waals surface area contributed by atoms with Gasteiger partial charge >= 0.3 is 0 Å². The van der Waals surface area contributed by atoms with Crippen LogP contribution in [0.2, 0.25) is 18.1 Å². The third-order valence-corrected chi connectivity index (χ3v) is 8.64. The summed E-state index contributed by atoms with van der Waals surface area (Å²) >= 11 is 3.67. The molecule has 0 spiro atoms. The Hall–Kier alpha value is -0.163. The maximum absolute atomic E-state index is 6.01. The lowest BCUT2D eigenvalue weighted by atomic mass is 9.96. The minimum absolute atomic E-state index is 0.382. The topological polar surface area (TPSA) is 21.3 Å². The molecule has 1 heterocycles. The SMILES string of the molecule is C[SiH](C)C(C)(C)COC[C@H]1Cc2c(Br)cccc2CN1. The van der Waals surface area contributed by atoms with Gasteiger partial charge in [-0.2, -0.15) is 0 Å². The fourth-order valence-electron chi connectivity index (χ4n) is 2.32. The van der Waals surface area contributed by atoms with Gasteiger partial charge in [0.05, 0.1) is 6.61 Å². The normalized spacial score (nSPS) is 19.2. The molecule has 4 heteroatoms. The zero-order chi connectivity index (χ0) is 14.8. The van der Waals surface area contributed by atoms with Gasteiger partial charge in [-0.1, -0.05) is 55.0 Å². The van der Waals surface area contributed by atoms with Crippen LogP contribution in [-0.2, 0) is 17.7 Å². The minimum Gasteiger partial charge on any atom is -0.380 e. The van der Waals surface area contributed by atoms with Crippen LogP contribution in [0.5, 0.6) is 0 Å². The van der Waals surface area contributed by atoms with Crippen LogP contribution < -0.4 is 5.32 Å². The van der Waals surface area contributed by atoms with Crippen LogP contribution in [-0.4, -0.2) is 28.1 Å². The monoisotopic (exact) mass is 355 g/mol. The Kier molecular flexibility index (Phi) is 5.46. The van der Waals surface area contributed by atoms with Crippen molar-refractivity contribution < 1.29 is 4.74 Å². The van der Waals surface area contributed by atoms with Crippen LogP contribution in [0.15, 0.2) is 22.7 Å². The molecular formula is C16H26BrNOSi. The quantitative estimate of drug-likeness (QED) is 0.812. The van der Waals surface area contributed by atoms with E-state index in [9.17, 15) is 0 Å². The summed E-state index contributed by atoms with van der Waals surface area (Å²) in [4.78, 5) is 0. The second-order valence-electron chi connectivity index (χ2n) is 6.82. The van der Waals surface area contributed by atoms with Gasteiger partial charge in [0.25, 0.3) is 0 Å². The van der Waals surface area contributed by atoms with Gasteiger partial charge in [-0.15, -0.1) is 0 Å². The van der Waals surface area contributed by atoms with E-state index in [1.807, 2.05) is 0 Å². The second-order valence-corrected chi connectivity index (χ2v) is 11.5. The van der Waals surface area contributed by atoms with Crippen molar-refractivity contribution in [3.8, 4) is 0 Å². The van der Waals surface area contributed by atoms with E-state index in [1.54, 1.807) is 0 Å². The maximum atomic E-state index is 6.01. The predicted octanol–water partition coefficient (Wildman–Crippen LogP) is 3.75. The number of hydrogen-bond donors (Lipinski definition) is 1. The highest BCUT2D eigenvalue weighted by Gasteiger charge is 2.25. The zero-order valence-electron chi connectivity index (χ0n) is 13.0. The Balaban J connectivity index is 1.87. The molecule has 1 N–H and O–H groups in total. The first-order valence-corrected chi connectivity index (χ1v) is 11.2. The van der Waals surface area contributed by atoms with Crippen LogP contribution in [0.4, 0.5) is 0 Å². The van der Waals surface area contributed by atoms with Crippen molar-refractivity contribution in [2.75, 3.05) is 13.2 Å². The van der Waals surface area contributed by atoms with E-state index in [0.29, 0.717) is 11.1 Å². The van der Waals surface area contributed by atoms with Crippen molar-refractivity contribution in [3.63, 3.8) is 0 Å². The molecule has 0 fully saturated rings. The van der Waals surface area contributed by atoms with Crippen molar-refractivity contribution in [1.29, 1.82) is 0 Å². The molecule has 2 rings (SSSR count). The summed E-state index contributed by atoms with van der Waals surface area (Å²) in [7, 11) is -0.669. The predicted molar refractivity (Wildman–Crippen MR) is 92.2 cm³/mol. The summed E-state index contributed by atoms with van der Waals surface area (Å²) in [6.07, 6.45) is 1.05. The van der Waals surface area contributed by atoms with Crippen LogP contribution in [0.1, 0.15) is 25.0 Å².